The van der Waals surface area contributed by atoms with Crippen LogP contribution in [0.25, 0.3) is 11.1 Å². The highest BCUT2D eigenvalue weighted by Crippen LogP contribution is 2.28. The van der Waals surface area contributed by atoms with E-state index in [0.29, 0.717) is 22.5 Å². The van der Waals surface area contributed by atoms with Crippen molar-refractivity contribution in [2.45, 2.75) is 33.8 Å². The van der Waals surface area contributed by atoms with Gasteiger partial charge in [-0.2, -0.15) is 0 Å². The van der Waals surface area contributed by atoms with Crippen LogP contribution in [0.4, 0.5) is 14.9 Å². The van der Waals surface area contributed by atoms with Gasteiger partial charge in [0.25, 0.3) is 0 Å². The summed E-state index contributed by atoms with van der Waals surface area (Å²) in [6.07, 6.45) is 0.238. The number of hydrogen-bond donors (Lipinski definition) is 3. The Morgan fingerprint density at radius 1 is 1.32 bits per heavy atom. The smallest absolute Gasteiger partial charge is 0.414 e. The molecule has 10 heteroatoms. The summed E-state index contributed by atoms with van der Waals surface area (Å²) >= 11 is 0. The molecule has 1 amide bonds. The number of aliphatic hydroxyl groups excluding tert-OH is 1. The van der Waals surface area contributed by atoms with Crippen molar-refractivity contribution in [3.05, 3.63) is 48.0 Å². The number of benzene rings is 1. The van der Waals surface area contributed by atoms with Gasteiger partial charge in [0.15, 0.2) is 5.84 Å². The number of halogens is 1. The third-order valence-corrected chi connectivity index (χ3v) is 3.94. The van der Waals surface area contributed by atoms with Crippen molar-refractivity contribution in [2.24, 2.45) is 16.7 Å². The van der Waals surface area contributed by atoms with E-state index in [1.165, 1.54) is 24.2 Å². The minimum atomic E-state index is -0.619. The van der Waals surface area contributed by atoms with Gasteiger partial charge in [-0.05, 0) is 24.3 Å². The van der Waals surface area contributed by atoms with Gasteiger partial charge < -0.3 is 15.6 Å². The van der Waals surface area contributed by atoms with Crippen LogP contribution in [0.5, 0.6) is 0 Å². The fraction of sp³-hybridized carbons (Fsp3) is 0.381. The second-order valence-corrected chi connectivity index (χ2v) is 5.95. The van der Waals surface area contributed by atoms with Crippen LogP contribution < -0.4 is 16.5 Å². The first-order valence-corrected chi connectivity index (χ1v) is 10.1. The van der Waals surface area contributed by atoms with E-state index in [9.17, 15) is 9.18 Å². The molecular weight excluding hydrogens is 403 g/mol. The zero-order valence-electron chi connectivity index (χ0n) is 18.5. The number of rotatable bonds is 5. The largest absolute Gasteiger partial charge is 0.441 e. The SMILES string of the molecule is CC.CC.CN(N)/N=C(\N)c1ccc(-c2ccc(N3CC(CO)OC3=O)cc2F)cn1. The van der Waals surface area contributed by atoms with E-state index in [-0.39, 0.29) is 19.0 Å². The van der Waals surface area contributed by atoms with Gasteiger partial charge >= 0.3 is 6.09 Å². The number of hydrogen-bond acceptors (Lipinski definition) is 7. The number of amides is 1. The van der Waals surface area contributed by atoms with Crippen molar-refractivity contribution < 1.29 is 19.0 Å². The fourth-order valence-corrected chi connectivity index (χ4v) is 2.66. The normalized spacial score (nSPS) is 15.4. The Balaban J connectivity index is 0.00000113. The molecule has 2 aromatic rings. The summed E-state index contributed by atoms with van der Waals surface area (Å²) in [5.41, 5.74) is 7.37. The standard InChI is InChI=1S/C17H19FN6O3.2C2H6/c1-23(20)22-16(19)15-5-2-10(7-21-15)13-4-3-11(6-14(13)18)24-8-12(9-25)27-17(24)26;2*1-2/h2-7,12,25H,8-9,20H2,1H3,(H2,19,22);2*1-2H3. The summed E-state index contributed by atoms with van der Waals surface area (Å²) in [5, 5.41) is 14.0. The fourth-order valence-electron chi connectivity index (χ4n) is 2.66. The zero-order valence-corrected chi connectivity index (χ0v) is 18.5. The molecule has 0 bridgehead atoms. The molecule has 1 aliphatic heterocycles. The van der Waals surface area contributed by atoms with Crippen LogP contribution in [-0.4, -0.2) is 53.4 Å². The summed E-state index contributed by atoms with van der Waals surface area (Å²) in [6, 6.07) is 7.65. The Morgan fingerprint density at radius 2 is 2.00 bits per heavy atom. The van der Waals surface area contributed by atoms with E-state index in [0.717, 1.165) is 5.12 Å². The van der Waals surface area contributed by atoms with Gasteiger partial charge in [-0.15, -0.1) is 5.10 Å². The minimum Gasteiger partial charge on any atom is -0.441 e. The van der Waals surface area contributed by atoms with Crippen LogP contribution in [-0.2, 0) is 4.74 Å². The van der Waals surface area contributed by atoms with Crippen LogP contribution in [0, 0.1) is 5.82 Å². The average Bonchev–Trinajstić information content (AvgIpc) is 3.17. The van der Waals surface area contributed by atoms with Crippen molar-refractivity contribution in [3.8, 4) is 11.1 Å². The van der Waals surface area contributed by atoms with Gasteiger partial charge in [0.05, 0.1) is 18.8 Å². The number of aliphatic hydroxyl groups is 1. The number of carbonyl (C=O) groups is 1. The number of carbonyl (C=O) groups excluding carboxylic acids is 1. The molecule has 1 atom stereocenters. The molecule has 0 aliphatic carbocycles. The quantitative estimate of drug-likeness (QED) is 0.285. The molecule has 2 heterocycles. The number of cyclic esters (lactones) is 1. The molecule has 1 fully saturated rings. The third kappa shape index (κ3) is 6.63. The second-order valence-electron chi connectivity index (χ2n) is 5.95. The van der Waals surface area contributed by atoms with Crippen LogP contribution in [0.3, 0.4) is 0 Å². The number of nitrogens with two attached hydrogens (primary N) is 2. The molecule has 1 saturated heterocycles. The number of anilines is 1. The van der Waals surface area contributed by atoms with Crippen molar-refractivity contribution in [1.82, 2.24) is 10.1 Å². The summed E-state index contributed by atoms with van der Waals surface area (Å²) in [6.45, 7) is 7.88. The van der Waals surface area contributed by atoms with Crippen LogP contribution in [0.1, 0.15) is 33.4 Å². The molecule has 0 radical (unpaired) electrons. The van der Waals surface area contributed by atoms with Gasteiger partial charge in [-0.25, -0.2) is 20.1 Å². The molecule has 1 aromatic carbocycles. The number of hydrazone groups is 1. The maximum atomic E-state index is 14.6. The molecule has 0 spiro atoms. The van der Waals surface area contributed by atoms with E-state index in [2.05, 4.69) is 10.1 Å². The molecule has 0 saturated carbocycles. The van der Waals surface area contributed by atoms with Crippen molar-refractivity contribution in [1.29, 1.82) is 0 Å². The second kappa shape index (κ2) is 12.5. The van der Waals surface area contributed by atoms with Gasteiger partial charge in [-0.3, -0.25) is 9.88 Å². The van der Waals surface area contributed by atoms with Gasteiger partial charge in [0.2, 0.25) is 0 Å². The molecule has 1 unspecified atom stereocenters. The molecule has 9 nitrogen and oxygen atoms in total. The first kappa shape index (κ1) is 25.8. The van der Waals surface area contributed by atoms with E-state index >= 15 is 0 Å². The van der Waals surface area contributed by atoms with Gasteiger partial charge in [-0.1, -0.05) is 33.8 Å². The number of pyridine rings is 1. The number of aromatic nitrogens is 1. The lowest BCUT2D eigenvalue weighted by atomic mass is 10.1. The highest BCUT2D eigenvalue weighted by atomic mass is 19.1. The third-order valence-electron chi connectivity index (χ3n) is 3.94. The predicted molar refractivity (Wildman–Crippen MR) is 120 cm³/mol. The maximum Gasteiger partial charge on any atom is 0.414 e. The molecule has 1 aliphatic rings. The Hall–Kier alpha value is -3.24. The highest BCUT2D eigenvalue weighted by Gasteiger charge is 2.32. The first-order valence-electron chi connectivity index (χ1n) is 10.1. The summed E-state index contributed by atoms with van der Waals surface area (Å²) in [4.78, 5) is 17.3. The minimum absolute atomic E-state index is 0.133. The Bertz CT molecular complexity index is 874. The lowest BCUT2D eigenvalue weighted by molar-refractivity contribution is 0.0963. The average molecular weight is 435 g/mol. The molecule has 3 rings (SSSR count). The number of nitrogens with zero attached hydrogens (tertiary/aromatic N) is 4. The number of ether oxygens (including phenoxy) is 1. The number of hydrazine groups is 1. The topological polar surface area (TPSA) is 130 Å². The lowest BCUT2D eigenvalue weighted by Gasteiger charge is -2.14. The predicted octanol–water partition coefficient (Wildman–Crippen LogP) is 2.68. The van der Waals surface area contributed by atoms with Gasteiger partial charge in [0, 0.05) is 24.4 Å². The number of amidine groups is 1. The van der Waals surface area contributed by atoms with E-state index in [4.69, 9.17) is 21.4 Å². The summed E-state index contributed by atoms with van der Waals surface area (Å²) in [7, 11) is 1.52. The Labute approximate surface area is 182 Å². The Kier molecular flexibility index (Phi) is 10.4. The molecule has 31 heavy (non-hydrogen) atoms. The zero-order chi connectivity index (χ0) is 23.6. The van der Waals surface area contributed by atoms with Crippen LogP contribution in [0.15, 0.2) is 41.6 Å². The molecular formula is C21H31FN6O3. The highest BCUT2D eigenvalue weighted by molar-refractivity contribution is 5.95. The van der Waals surface area contributed by atoms with Crippen LogP contribution >= 0.6 is 0 Å². The van der Waals surface area contributed by atoms with Crippen LogP contribution in [0.2, 0.25) is 0 Å². The molecule has 1 aromatic heterocycles. The lowest BCUT2D eigenvalue weighted by Crippen LogP contribution is -2.26. The Morgan fingerprint density at radius 3 is 2.48 bits per heavy atom. The maximum absolute atomic E-state index is 14.6. The summed E-state index contributed by atoms with van der Waals surface area (Å²) in [5.74, 6) is 5.01. The van der Waals surface area contributed by atoms with E-state index in [1.54, 1.807) is 24.3 Å². The molecule has 5 N–H and O–H groups in total. The van der Waals surface area contributed by atoms with Gasteiger partial charge in [0.1, 0.15) is 17.6 Å². The van der Waals surface area contributed by atoms with Crippen molar-refractivity contribution in [3.63, 3.8) is 0 Å². The first-order chi connectivity index (χ1) is 14.9. The summed E-state index contributed by atoms with van der Waals surface area (Å²) < 4.78 is 19.6. The van der Waals surface area contributed by atoms with E-state index < -0.39 is 18.0 Å². The molecule has 170 valence electrons. The van der Waals surface area contributed by atoms with Crippen molar-refractivity contribution in [2.75, 3.05) is 25.1 Å². The van der Waals surface area contributed by atoms with E-state index in [1.807, 2.05) is 27.7 Å². The monoisotopic (exact) mass is 434 g/mol. The van der Waals surface area contributed by atoms with Crippen molar-refractivity contribution >= 4 is 17.6 Å².